The van der Waals surface area contributed by atoms with Crippen LogP contribution in [-0.4, -0.2) is 60.8 Å². The molecule has 43 heavy (non-hydrogen) atoms. The fourth-order valence-electron chi connectivity index (χ4n) is 6.80. The number of hydroxylamine groups is 1. The van der Waals surface area contributed by atoms with Crippen LogP contribution in [0.3, 0.4) is 0 Å². The van der Waals surface area contributed by atoms with Crippen molar-refractivity contribution in [1.29, 1.82) is 0 Å². The fraction of sp³-hybridized carbons (Fsp3) is 0.438. The molecule has 1 fully saturated rings. The van der Waals surface area contributed by atoms with Gasteiger partial charge >= 0.3 is 0 Å². The van der Waals surface area contributed by atoms with Gasteiger partial charge in [0.1, 0.15) is 11.5 Å². The quantitative estimate of drug-likeness (QED) is 0.298. The normalized spacial score (nSPS) is 24.5. The van der Waals surface area contributed by atoms with Crippen LogP contribution in [-0.2, 0) is 30.2 Å². The molecule has 1 aromatic carbocycles. The van der Waals surface area contributed by atoms with E-state index in [1.54, 1.807) is 37.0 Å². The van der Waals surface area contributed by atoms with Crippen molar-refractivity contribution in [2.75, 3.05) is 12.2 Å². The highest BCUT2D eigenvalue weighted by molar-refractivity contribution is 6.10. The average molecular weight is 590 g/mol. The van der Waals surface area contributed by atoms with Crippen LogP contribution >= 0.6 is 0 Å². The molecule has 11 heteroatoms. The lowest BCUT2D eigenvalue weighted by Gasteiger charge is -2.56. The number of hydrogen-bond donors (Lipinski definition) is 3. The molecule has 0 radical (unpaired) electrons. The minimum Gasteiger partial charge on any atom is -0.503 e. The van der Waals surface area contributed by atoms with Crippen LogP contribution in [0.1, 0.15) is 65.6 Å². The molecule has 2 aromatic rings. The number of benzene rings is 1. The van der Waals surface area contributed by atoms with Gasteiger partial charge in [-0.05, 0) is 51.5 Å². The molecule has 3 N–H and O–H groups in total. The summed E-state index contributed by atoms with van der Waals surface area (Å²) in [5.74, 6) is -3.60. The zero-order valence-corrected chi connectivity index (χ0v) is 25.6. The molecule has 3 aliphatic rings. The molecule has 1 saturated heterocycles. The number of imidazole rings is 1. The maximum Gasteiger partial charge on any atom is 0.296 e. The fourth-order valence-corrected chi connectivity index (χ4v) is 6.80. The first kappa shape index (κ1) is 30.2. The Kier molecular flexibility index (Phi) is 6.79. The summed E-state index contributed by atoms with van der Waals surface area (Å²) < 4.78 is 1.76. The molecule has 2 unspecified atom stereocenters. The van der Waals surface area contributed by atoms with Crippen molar-refractivity contribution in [2.24, 2.45) is 5.41 Å². The van der Waals surface area contributed by atoms with E-state index >= 15 is 0 Å². The van der Waals surface area contributed by atoms with Crippen molar-refractivity contribution in [3.8, 4) is 0 Å². The number of hydrogen-bond acceptors (Lipinski definition) is 8. The molecule has 0 saturated carbocycles. The Labute approximate surface area is 251 Å². The largest absolute Gasteiger partial charge is 0.503 e. The van der Waals surface area contributed by atoms with Crippen molar-refractivity contribution >= 4 is 29.4 Å². The number of anilines is 1. The zero-order valence-electron chi connectivity index (χ0n) is 25.6. The van der Waals surface area contributed by atoms with Crippen LogP contribution in [0.15, 0.2) is 67.0 Å². The molecule has 1 spiro atoms. The standard InChI is InChI=1S/C32H39N5O6/c1-9-28(2,3)31-17-25(39)27(41)36-24(26(40)34-32(31,36)37(43-8)23-13-11-10-12-22(23)31)14-20-18-35(19-33-20)29(4,5)15-21(38)16-30(6,7)42/h9-14,17-19,39,42H,1,15-16H2,2-8H3,(H,34,40). The van der Waals surface area contributed by atoms with E-state index in [0.717, 1.165) is 5.56 Å². The molecule has 0 bridgehead atoms. The number of fused-ring (bicyclic) bond motifs is 2. The third-order valence-electron chi connectivity index (χ3n) is 8.81. The van der Waals surface area contributed by atoms with E-state index < -0.39 is 45.3 Å². The number of amides is 2. The minimum absolute atomic E-state index is 0.0135. The summed E-state index contributed by atoms with van der Waals surface area (Å²) in [5.41, 5.74) is -2.18. The first-order chi connectivity index (χ1) is 20.0. The number of Topliss-reactive ketones (excluding diaryl/α,β-unsaturated/α-hetero) is 1. The summed E-state index contributed by atoms with van der Waals surface area (Å²) in [6.07, 6.45) is 8.12. The van der Waals surface area contributed by atoms with Crippen molar-refractivity contribution < 1.29 is 29.4 Å². The molecular formula is C32H39N5O6. The summed E-state index contributed by atoms with van der Waals surface area (Å²) in [6, 6.07) is 7.40. The molecule has 11 nitrogen and oxygen atoms in total. The Bertz CT molecular complexity index is 1590. The molecular weight excluding hydrogens is 550 g/mol. The summed E-state index contributed by atoms with van der Waals surface area (Å²) in [5, 5.41) is 25.8. The van der Waals surface area contributed by atoms with Crippen LogP contribution < -0.4 is 10.4 Å². The van der Waals surface area contributed by atoms with Gasteiger partial charge in [0, 0.05) is 30.0 Å². The van der Waals surface area contributed by atoms with Gasteiger partial charge in [-0.3, -0.25) is 24.1 Å². The molecule has 228 valence electrons. The van der Waals surface area contributed by atoms with Crippen LogP contribution in [0.5, 0.6) is 0 Å². The van der Waals surface area contributed by atoms with Crippen molar-refractivity contribution in [1.82, 2.24) is 19.8 Å². The topological polar surface area (TPSA) is 137 Å². The second-order valence-electron chi connectivity index (χ2n) is 13.3. The lowest BCUT2D eigenvalue weighted by Crippen LogP contribution is -2.76. The van der Waals surface area contributed by atoms with Gasteiger partial charge in [0.2, 0.25) is 5.79 Å². The van der Waals surface area contributed by atoms with Crippen LogP contribution in [0.4, 0.5) is 5.69 Å². The summed E-state index contributed by atoms with van der Waals surface area (Å²) in [7, 11) is 1.46. The van der Waals surface area contributed by atoms with Gasteiger partial charge in [-0.1, -0.05) is 38.1 Å². The molecule has 3 aliphatic heterocycles. The number of carbonyl (C=O) groups is 3. The van der Waals surface area contributed by atoms with E-state index in [4.69, 9.17) is 4.84 Å². The predicted octanol–water partition coefficient (Wildman–Crippen LogP) is 3.68. The van der Waals surface area contributed by atoms with Gasteiger partial charge in [-0.25, -0.2) is 10.0 Å². The third-order valence-corrected chi connectivity index (χ3v) is 8.81. The number of nitrogens with zero attached hydrogens (tertiary/aromatic N) is 4. The summed E-state index contributed by atoms with van der Waals surface area (Å²) in [4.78, 5) is 52.0. The Morgan fingerprint density at radius 2 is 1.81 bits per heavy atom. The lowest BCUT2D eigenvalue weighted by atomic mass is 9.57. The highest BCUT2D eigenvalue weighted by Gasteiger charge is 2.77. The molecule has 1 aromatic heterocycles. The minimum atomic E-state index is -1.62. The Morgan fingerprint density at radius 3 is 2.44 bits per heavy atom. The smallest absolute Gasteiger partial charge is 0.296 e. The van der Waals surface area contributed by atoms with Crippen molar-refractivity contribution in [2.45, 2.75) is 76.7 Å². The monoisotopic (exact) mass is 589 g/mol. The number of aliphatic hydroxyl groups is 2. The third kappa shape index (κ3) is 4.24. The summed E-state index contributed by atoms with van der Waals surface area (Å²) in [6.45, 7) is 14.8. The summed E-state index contributed by atoms with van der Waals surface area (Å²) >= 11 is 0. The van der Waals surface area contributed by atoms with E-state index in [9.17, 15) is 24.6 Å². The number of aromatic nitrogens is 2. The highest BCUT2D eigenvalue weighted by atomic mass is 16.7. The molecule has 2 amide bonds. The van der Waals surface area contributed by atoms with Gasteiger partial charge in [0.05, 0.1) is 35.8 Å². The van der Waals surface area contributed by atoms with Crippen LogP contribution in [0.25, 0.3) is 6.08 Å². The molecule has 0 aliphatic carbocycles. The van der Waals surface area contributed by atoms with Crippen molar-refractivity contribution in [3.63, 3.8) is 0 Å². The van der Waals surface area contributed by atoms with E-state index in [1.807, 2.05) is 52.0 Å². The number of aliphatic hydroxyl groups excluding tert-OH is 1. The van der Waals surface area contributed by atoms with Gasteiger partial charge in [0.15, 0.2) is 5.76 Å². The van der Waals surface area contributed by atoms with Crippen molar-refractivity contribution in [3.05, 3.63) is 78.2 Å². The highest BCUT2D eigenvalue weighted by Crippen LogP contribution is 2.64. The second kappa shape index (κ2) is 9.65. The second-order valence-corrected chi connectivity index (χ2v) is 13.3. The number of ketones is 1. The SMILES string of the molecule is C=CC(C)(C)C12C=C(O)C(=O)N3C(=Cc4cn(C(C)(C)CC(=O)CC(C)(C)O)cn4)C(=O)NC31N(OC)c1ccccc12. The molecule has 5 rings (SSSR count). The first-order valence-electron chi connectivity index (χ1n) is 14.1. The van der Waals surface area contributed by atoms with Gasteiger partial charge in [0.25, 0.3) is 11.8 Å². The van der Waals surface area contributed by atoms with E-state index in [-0.39, 0.29) is 24.3 Å². The first-order valence-corrected chi connectivity index (χ1v) is 14.1. The molecule has 2 atom stereocenters. The van der Waals surface area contributed by atoms with Gasteiger partial charge in [-0.2, -0.15) is 0 Å². The predicted molar refractivity (Wildman–Crippen MR) is 160 cm³/mol. The van der Waals surface area contributed by atoms with Gasteiger partial charge in [-0.15, -0.1) is 6.58 Å². The number of nitrogens with one attached hydrogen (secondary N) is 1. The Morgan fingerprint density at radius 1 is 1.14 bits per heavy atom. The zero-order chi connectivity index (χ0) is 31.8. The van der Waals surface area contributed by atoms with Gasteiger partial charge < -0.3 is 20.1 Å². The lowest BCUT2D eigenvalue weighted by molar-refractivity contribution is -0.144. The maximum absolute atomic E-state index is 13.9. The molecule has 4 heterocycles. The van der Waals surface area contributed by atoms with E-state index in [2.05, 4.69) is 16.9 Å². The number of para-hydroxylation sites is 1. The Balaban J connectivity index is 1.64. The number of allylic oxidation sites excluding steroid dienone is 1. The van der Waals surface area contributed by atoms with Crippen LogP contribution in [0, 0.1) is 5.41 Å². The number of carbonyl (C=O) groups excluding carboxylic acids is 3. The van der Waals surface area contributed by atoms with Crippen LogP contribution in [0.2, 0.25) is 0 Å². The number of rotatable bonds is 9. The maximum atomic E-state index is 13.9. The average Bonchev–Trinajstić information content (AvgIpc) is 3.56. The Hall–Kier alpha value is -4.22. The van der Waals surface area contributed by atoms with E-state index in [1.165, 1.54) is 29.2 Å². The van der Waals surface area contributed by atoms with E-state index in [0.29, 0.717) is 11.4 Å².